The van der Waals surface area contributed by atoms with E-state index in [1.54, 1.807) is 0 Å². The van der Waals surface area contributed by atoms with E-state index in [-0.39, 0.29) is 5.41 Å². The molecule has 0 N–H and O–H groups in total. The highest BCUT2D eigenvalue weighted by Gasteiger charge is 2.51. The predicted octanol–water partition coefficient (Wildman–Crippen LogP) is 7.22. The number of aryl methyl sites for hydroxylation is 2. The van der Waals surface area contributed by atoms with E-state index in [0.29, 0.717) is 0 Å². The van der Waals surface area contributed by atoms with Crippen molar-refractivity contribution >= 4 is 25.3 Å². The fourth-order valence-corrected chi connectivity index (χ4v) is 5.84. The molecule has 0 aromatic heterocycles. The van der Waals surface area contributed by atoms with E-state index < -0.39 is 0 Å². The lowest BCUT2D eigenvalue weighted by Gasteiger charge is -2.31. The van der Waals surface area contributed by atoms with Crippen LogP contribution in [0.4, 0.5) is 0 Å². The lowest BCUT2D eigenvalue weighted by molar-refractivity contribution is 0.786. The second kappa shape index (κ2) is 5.81. The first-order valence-electron chi connectivity index (χ1n) is 9.90. The summed E-state index contributed by atoms with van der Waals surface area (Å²) >= 11 is 9.45. The number of benzene rings is 4. The Morgan fingerprint density at radius 1 is 0.483 bits per heavy atom. The number of hydrogen-bond acceptors (Lipinski definition) is 2. The monoisotopic (exact) mass is 408 g/mol. The molecule has 4 aromatic rings. The van der Waals surface area contributed by atoms with Gasteiger partial charge in [-0.3, -0.25) is 0 Å². The predicted molar refractivity (Wildman–Crippen MR) is 127 cm³/mol. The van der Waals surface area contributed by atoms with Crippen LogP contribution in [0, 0.1) is 13.8 Å². The van der Waals surface area contributed by atoms with Crippen molar-refractivity contribution in [2.75, 3.05) is 0 Å². The highest BCUT2D eigenvalue weighted by Crippen LogP contribution is 2.63. The molecule has 2 aliphatic rings. The van der Waals surface area contributed by atoms with Crippen LogP contribution in [0.1, 0.15) is 33.4 Å². The van der Waals surface area contributed by atoms with Gasteiger partial charge in [0.2, 0.25) is 0 Å². The van der Waals surface area contributed by atoms with Crippen LogP contribution in [-0.2, 0) is 5.41 Å². The summed E-state index contributed by atoms with van der Waals surface area (Å²) in [6.07, 6.45) is 0. The fourth-order valence-electron chi connectivity index (χ4n) is 5.43. The Kier molecular flexibility index (Phi) is 3.49. The molecular formula is C27H20S2. The molecule has 140 valence electrons. The van der Waals surface area contributed by atoms with Crippen LogP contribution in [0.15, 0.2) is 82.6 Å². The summed E-state index contributed by atoms with van der Waals surface area (Å²) in [5.74, 6) is 0. The molecule has 4 aromatic carbocycles. The lowest BCUT2D eigenvalue weighted by atomic mass is 9.70. The van der Waals surface area contributed by atoms with Crippen LogP contribution in [0.2, 0.25) is 0 Å². The largest absolute Gasteiger partial charge is 0.143 e. The maximum atomic E-state index is 4.72. The van der Waals surface area contributed by atoms with Gasteiger partial charge in [0.15, 0.2) is 0 Å². The minimum atomic E-state index is -0.315. The number of hydrogen-bond donors (Lipinski definition) is 2. The van der Waals surface area contributed by atoms with E-state index >= 15 is 0 Å². The first-order valence-corrected chi connectivity index (χ1v) is 10.8. The summed E-state index contributed by atoms with van der Waals surface area (Å²) in [6, 6.07) is 27.0. The van der Waals surface area contributed by atoms with Gasteiger partial charge < -0.3 is 0 Å². The quantitative estimate of drug-likeness (QED) is 0.243. The highest BCUT2D eigenvalue weighted by molar-refractivity contribution is 7.80. The minimum absolute atomic E-state index is 0.315. The first-order chi connectivity index (χ1) is 14.0. The van der Waals surface area contributed by atoms with Gasteiger partial charge in [0.1, 0.15) is 0 Å². The van der Waals surface area contributed by atoms with Gasteiger partial charge >= 0.3 is 0 Å². The molecule has 0 fully saturated rings. The molecule has 0 bridgehead atoms. The Labute approximate surface area is 182 Å². The van der Waals surface area contributed by atoms with Gasteiger partial charge in [-0.15, -0.1) is 25.3 Å². The van der Waals surface area contributed by atoms with Crippen LogP contribution in [0.3, 0.4) is 0 Å². The normalized spacial score (nSPS) is 14.5. The Morgan fingerprint density at radius 3 is 1.24 bits per heavy atom. The molecule has 0 saturated heterocycles. The maximum absolute atomic E-state index is 4.72. The number of thiol groups is 2. The van der Waals surface area contributed by atoms with Gasteiger partial charge in [-0.25, -0.2) is 0 Å². The zero-order chi connectivity index (χ0) is 19.9. The van der Waals surface area contributed by atoms with Crippen molar-refractivity contribution in [3.05, 3.63) is 106 Å². The molecule has 6 rings (SSSR count). The van der Waals surface area contributed by atoms with E-state index in [1.165, 1.54) is 55.6 Å². The Balaban J connectivity index is 1.88. The molecule has 0 saturated carbocycles. The summed E-state index contributed by atoms with van der Waals surface area (Å²) in [4.78, 5) is 2.00. The van der Waals surface area contributed by atoms with Crippen molar-refractivity contribution in [1.29, 1.82) is 0 Å². The SMILES string of the molecule is Cc1ccc2c(c1)C1(c3cc(C)ccc3-c3ccc(S)cc31)c1cc(S)ccc1-2. The van der Waals surface area contributed by atoms with Crippen molar-refractivity contribution in [1.82, 2.24) is 0 Å². The third kappa shape index (κ3) is 2.14. The summed E-state index contributed by atoms with van der Waals surface area (Å²) in [6.45, 7) is 4.37. The van der Waals surface area contributed by atoms with E-state index in [9.17, 15) is 0 Å². The van der Waals surface area contributed by atoms with Crippen molar-refractivity contribution in [3.8, 4) is 22.3 Å². The second-order valence-electron chi connectivity index (χ2n) is 8.31. The average Bonchev–Trinajstić information content (AvgIpc) is 3.13. The fraction of sp³-hybridized carbons (Fsp3) is 0.111. The lowest BCUT2D eigenvalue weighted by Crippen LogP contribution is -2.26. The molecule has 29 heavy (non-hydrogen) atoms. The Bertz CT molecular complexity index is 1140. The summed E-state index contributed by atoms with van der Waals surface area (Å²) in [5.41, 5.74) is 12.9. The highest BCUT2D eigenvalue weighted by atomic mass is 32.1. The van der Waals surface area contributed by atoms with Crippen molar-refractivity contribution in [2.24, 2.45) is 0 Å². The number of fused-ring (bicyclic) bond motifs is 10. The number of rotatable bonds is 0. The van der Waals surface area contributed by atoms with Gasteiger partial charge in [-0.1, -0.05) is 59.7 Å². The van der Waals surface area contributed by atoms with Crippen LogP contribution in [0.25, 0.3) is 22.3 Å². The summed E-state index contributed by atoms with van der Waals surface area (Å²) < 4.78 is 0. The molecule has 2 aliphatic carbocycles. The average molecular weight is 409 g/mol. The third-order valence-corrected chi connectivity index (χ3v) is 7.11. The zero-order valence-electron chi connectivity index (χ0n) is 16.3. The molecule has 0 amide bonds. The molecule has 0 heterocycles. The summed E-state index contributed by atoms with van der Waals surface area (Å²) in [5, 5.41) is 0. The summed E-state index contributed by atoms with van der Waals surface area (Å²) in [7, 11) is 0. The second-order valence-corrected chi connectivity index (χ2v) is 9.34. The van der Waals surface area contributed by atoms with Gasteiger partial charge in [-0.05, 0) is 82.6 Å². The Hall–Kier alpha value is -2.42. The molecule has 2 heteroatoms. The molecular weight excluding hydrogens is 388 g/mol. The molecule has 1 spiro atoms. The van der Waals surface area contributed by atoms with Gasteiger partial charge in [0, 0.05) is 9.79 Å². The van der Waals surface area contributed by atoms with Crippen LogP contribution >= 0.6 is 25.3 Å². The smallest absolute Gasteiger partial charge is 0.0726 e. The molecule has 0 aliphatic heterocycles. The molecule has 0 unspecified atom stereocenters. The van der Waals surface area contributed by atoms with Gasteiger partial charge in [-0.2, -0.15) is 0 Å². The molecule has 0 nitrogen and oxygen atoms in total. The van der Waals surface area contributed by atoms with Crippen LogP contribution < -0.4 is 0 Å². The zero-order valence-corrected chi connectivity index (χ0v) is 18.1. The van der Waals surface area contributed by atoms with E-state index in [1.807, 2.05) is 0 Å². The maximum Gasteiger partial charge on any atom is 0.0726 e. The molecule has 0 radical (unpaired) electrons. The van der Waals surface area contributed by atoms with E-state index in [0.717, 1.165) is 9.79 Å². The van der Waals surface area contributed by atoms with E-state index in [4.69, 9.17) is 25.3 Å². The standard InChI is InChI=1S/C27H20S2/c1-15-3-7-19-21-9-5-17(28)13-25(21)27(23(19)11-15)24-12-16(2)4-8-20(24)22-10-6-18(29)14-26(22)27/h3-14,28-29H,1-2H3. The van der Waals surface area contributed by atoms with Crippen molar-refractivity contribution in [2.45, 2.75) is 29.1 Å². The third-order valence-electron chi connectivity index (χ3n) is 6.55. The van der Waals surface area contributed by atoms with Crippen molar-refractivity contribution in [3.63, 3.8) is 0 Å². The topological polar surface area (TPSA) is 0 Å². The van der Waals surface area contributed by atoms with E-state index in [2.05, 4.69) is 86.6 Å². The van der Waals surface area contributed by atoms with Crippen LogP contribution in [-0.4, -0.2) is 0 Å². The van der Waals surface area contributed by atoms with Crippen molar-refractivity contribution < 1.29 is 0 Å². The Morgan fingerprint density at radius 2 is 0.828 bits per heavy atom. The van der Waals surface area contributed by atoms with Crippen LogP contribution in [0.5, 0.6) is 0 Å². The molecule has 0 atom stereocenters. The first kappa shape index (κ1) is 17.4. The van der Waals surface area contributed by atoms with Gasteiger partial charge in [0.05, 0.1) is 5.41 Å². The minimum Gasteiger partial charge on any atom is -0.143 e. The van der Waals surface area contributed by atoms with Gasteiger partial charge in [0.25, 0.3) is 0 Å².